The molecule has 4 nitrogen and oxygen atoms in total. The van der Waals surface area contributed by atoms with Gasteiger partial charge in [-0.25, -0.2) is 12.7 Å². The molecule has 2 aliphatic rings. The van der Waals surface area contributed by atoms with E-state index >= 15 is 0 Å². The van der Waals surface area contributed by atoms with Gasteiger partial charge in [0.15, 0.2) is 0 Å². The Morgan fingerprint density at radius 3 is 2.57 bits per heavy atom. The molecule has 2 rings (SSSR count). The van der Waals surface area contributed by atoms with Gasteiger partial charge in [0.25, 0.3) is 0 Å². The minimum atomic E-state index is -3.00. The molecule has 0 spiro atoms. The van der Waals surface area contributed by atoms with Crippen LogP contribution in [0.3, 0.4) is 0 Å². The number of sulfonamides is 1. The molecule has 0 aromatic carbocycles. The second-order valence-corrected chi connectivity index (χ2v) is 6.50. The van der Waals surface area contributed by atoms with Gasteiger partial charge in [0.2, 0.25) is 10.0 Å². The molecule has 0 aromatic heterocycles. The molecule has 5 heteroatoms. The molecule has 1 saturated carbocycles. The molecule has 0 aromatic rings. The molecule has 1 aliphatic heterocycles. The van der Waals surface area contributed by atoms with E-state index in [0.717, 1.165) is 25.7 Å². The first-order chi connectivity index (χ1) is 6.58. The fraction of sp³-hybridized carbons (Fsp3) is 1.00. The van der Waals surface area contributed by atoms with Gasteiger partial charge in [-0.05, 0) is 31.6 Å². The maximum absolute atomic E-state index is 11.9. The fourth-order valence-corrected chi connectivity index (χ4v) is 3.88. The SMILES string of the molecule is NC1CCCN(S(=O)(=O)CC2CC2)C1. The average molecular weight is 218 g/mol. The highest BCUT2D eigenvalue weighted by Gasteiger charge is 2.33. The Labute approximate surface area is 85.5 Å². The van der Waals surface area contributed by atoms with Crippen LogP contribution in [0.4, 0.5) is 0 Å². The van der Waals surface area contributed by atoms with Gasteiger partial charge in [-0.3, -0.25) is 0 Å². The summed E-state index contributed by atoms with van der Waals surface area (Å²) in [4.78, 5) is 0. The molecule has 1 heterocycles. The predicted molar refractivity (Wildman–Crippen MR) is 55.3 cm³/mol. The first-order valence-electron chi connectivity index (χ1n) is 5.31. The predicted octanol–water partition coefficient (Wildman–Crippen LogP) is 0.149. The second-order valence-electron chi connectivity index (χ2n) is 4.48. The number of rotatable bonds is 3. The van der Waals surface area contributed by atoms with Gasteiger partial charge in [0.1, 0.15) is 0 Å². The highest BCUT2D eigenvalue weighted by atomic mass is 32.2. The summed E-state index contributed by atoms with van der Waals surface area (Å²) in [6, 6.07) is 0.0396. The molecule has 0 amide bonds. The molecule has 14 heavy (non-hydrogen) atoms. The van der Waals surface area contributed by atoms with Crippen LogP contribution >= 0.6 is 0 Å². The standard InChI is InChI=1S/C9H18N2O2S/c10-9-2-1-5-11(6-9)14(12,13)7-8-3-4-8/h8-9H,1-7,10H2. The Balaban J connectivity index is 1.97. The van der Waals surface area contributed by atoms with Gasteiger partial charge >= 0.3 is 0 Å². The zero-order valence-corrected chi connectivity index (χ0v) is 9.17. The van der Waals surface area contributed by atoms with Crippen molar-refractivity contribution >= 4 is 10.0 Å². The van der Waals surface area contributed by atoms with Crippen molar-refractivity contribution in [1.82, 2.24) is 4.31 Å². The monoisotopic (exact) mass is 218 g/mol. The van der Waals surface area contributed by atoms with Crippen molar-refractivity contribution in [2.24, 2.45) is 11.7 Å². The Morgan fingerprint density at radius 2 is 2.00 bits per heavy atom. The largest absolute Gasteiger partial charge is 0.327 e. The lowest BCUT2D eigenvalue weighted by atomic mass is 10.1. The van der Waals surface area contributed by atoms with Crippen LogP contribution in [0.15, 0.2) is 0 Å². The van der Waals surface area contributed by atoms with Crippen molar-refractivity contribution in [3.63, 3.8) is 0 Å². The molecule has 1 unspecified atom stereocenters. The van der Waals surface area contributed by atoms with Gasteiger partial charge in [0, 0.05) is 19.1 Å². The number of nitrogens with two attached hydrogens (primary N) is 1. The van der Waals surface area contributed by atoms with Crippen molar-refractivity contribution in [1.29, 1.82) is 0 Å². The molecule has 0 radical (unpaired) electrons. The van der Waals surface area contributed by atoms with E-state index in [-0.39, 0.29) is 6.04 Å². The number of nitrogens with zero attached hydrogens (tertiary/aromatic N) is 1. The summed E-state index contributed by atoms with van der Waals surface area (Å²) < 4.78 is 25.3. The Bertz CT molecular complexity index is 298. The summed E-state index contributed by atoms with van der Waals surface area (Å²) in [5.74, 6) is 0.776. The van der Waals surface area contributed by atoms with Crippen LogP contribution in [-0.4, -0.2) is 37.6 Å². The summed E-state index contributed by atoms with van der Waals surface area (Å²) in [6.45, 7) is 1.19. The Hall–Kier alpha value is -0.130. The summed E-state index contributed by atoms with van der Waals surface area (Å²) in [7, 11) is -3.00. The lowest BCUT2D eigenvalue weighted by molar-refractivity contribution is 0.315. The van der Waals surface area contributed by atoms with Crippen LogP contribution < -0.4 is 5.73 Å². The van der Waals surface area contributed by atoms with Crippen LogP contribution in [-0.2, 0) is 10.0 Å². The third-order valence-electron chi connectivity index (χ3n) is 2.96. The molecule has 1 atom stereocenters. The van der Waals surface area contributed by atoms with E-state index in [1.165, 1.54) is 0 Å². The Kier molecular flexibility index (Phi) is 2.81. The van der Waals surface area contributed by atoms with Crippen LogP contribution in [0.2, 0.25) is 0 Å². The van der Waals surface area contributed by atoms with Crippen molar-refractivity contribution in [2.75, 3.05) is 18.8 Å². The van der Waals surface area contributed by atoms with E-state index in [4.69, 9.17) is 5.73 Å². The summed E-state index contributed by atoms with van der Waals surface area (Å²) in [6.07, 6.45) is 4.03. The lowest BCUT2D eigenvalue weighted by Gasteiger charge is -2.29. The van der Waals surface area contributed by atoms with Crippen LogP contribution in [0.5, 0.6) is 0 Å². The highest BCUT2D eigenvalue weighted by Crippen LogP contribution is 2.31. The van der Waals surface area contributed by atoms with Crippen molar-refractivity contribution < 1.29 is 8.42 Å². The molecule has 2 N–H and O–H groups in total. The maximum atomic E-state index is 11.9. The third kappa shape index (κ3) is 2.46. The molecule has 2 fully saturated rings. The minimum Gasteiger partial charge on any atom is -0.327 e. The number of hydrogen-bond donors (Lipinski definition) is 1. The first-order valence-corrected chi connectivity index (χ1v) is 6.92. The van der Waals surface area contributed by atoms with Crippen molar-refractivity contribution in [2.45, 2.75) is 31.7 Å². The van der Waals surface area contributed by atoms with E-state index in [2.05, 4.69) is 0 Å². The van der Waals surface area contributed by atoms with E-state index in [0.29, 0.717) is 24.8 Å². The third-order valence-corrected chi connectivity index (χ3v) is 4.97. The zero-order valence-electron chi connectivity index (χ0n) is 8.35. The average Bonchev–Trinajstić information content (AvgIpc) is 2.87. The van der Waals surface area contributed by atoms with Gasteiger partial charge in [-0.2, -0.15) is 0 Å². The van der Waals surface area contributed by atoms with Gasteiger partial charge in [0.05, 0.1) is 5.75 Å². The number of piperidine rings is 1. The molecule has 1 aliphatic carbocycles. The van der Waals surface area contributed by atoms with Crippen molar-refractivity contribution in [3.05, 3.63) is 0 Å². The Morgan fingerprint density at radius 1 is 1.29 bits per heavy atom. The lowest BCUT2D eigenvalue weighted by Crippen LogP contribution is -2.46. The normalized spacial score (nSPS) is 30.5. The molecule has 1 saturated heterocycles. The highest BCUT2D eigenvalue weighted by molar-refractivity contribution is 7.89. The maximum Gasteiger partial charge on any atom is 0.214 e. The topological polar surface area (TPSA) is 63.4 Å². The number of hydrogen-bond acceptors (Lipinski definition) is 3. The fourth-order valence-electron chi connectivity index (χ4n) is 1.91. The second kappa shape index (κ2) is 3.79. The van der Waals surface area contributed by atoms with Crippen molar-refractivity contribution in [3.8, 4) is 0 Å². The van der Waals surface area contributed by atoms with Crippen LogP contribution in [0.1, 0.15) is 25.7 Å². The van der Waals surface area contributed by atoms with E-state index in [9.17, 15) is 8.42 Å². The minimum absolute atomic E-state index is 0.0396. The zero-order chi connectivity index (χ0) is 10.2. The summed E-state index contributed by atoms with van der Waals surface area (Å²) in [5, 5.41) is 0. The van der Waals surface area contributed by atoms with Crippen LogP contribution in [0, 0.1) is 5.92 Å². The quantitative estimate of drug-likeness (QED) is 0.733. The summed E-state index contributed by atoms with van der Waals surface area (Å²) in [5.41, 5.74) is 5.76. The molecular weight excluding hydrogens is 200 g/mol. The van der Waals surface area contributed by atoms with E-state index in [1.807, 2.05) is 0 Å². The smallest absolute Gasteiger partial charge is 0.214 e. The van der Waals surface area contributed by atoms with Crippen LogP contribution in [0.25, 0.3) is 0 Å². The van der Waals surface area contributed by atoms with Gasteiger partial charge in [-0.1, -0.05) is 0 Å². The first kappa shape index (κ1) is 10.4. The van der Waals surface area contributed by atoms with E-state index in [1.54, 1.807) is 4.31 Å². The molecule has 0 bridgehead atoms. The van der Waals surface area contributed by atoms with Gasteiger partial charge < -0.3 is 5.73 Å². The van der Waals surface area contributed by atoms with E-state index < -0.39 is 10.0 Å². The van der Waals surface area contributed by atoms with Gasteiger partial charge in [-0.15, -0.1) is 0 Å². The molecular formula is C9H18N2O2S. The summed E-state index contributed by atoms with van der Waals surface area (Å²) >= 11 is 0. The molecule has 82 valence electrons.